The summed E-state index contributed by atoms with van der Waals surface area (Å²) in [5, 5.41) is 0.184. The van der Waals surface area contributed by atoms with Crippen molar-refractivity contribution in [2.24, 2.45) is 4.99 Å². The fourth-order valence-electron chi connectivity index (χ4n) is 3.11. The van der Waals surface area contributed by atoms with Crippen LogP contribution < -0.4 is 10.4 Å². The number of amidine groups is 1. The van der Waals surface area contributed by atoms with Crippen LogP contribution in [-0.2, 0) is 10.2 Å². The summed E-state index contributed by atoms with van der Waals surface area (Å²) in [6.45, 7) is 13.8. The number of hydrogen-bond donors (Lipinski definition) is 0. The van der Waals surface area contributed by atoms with Gasteiger partial charge in [-0.2, -0.15) is 0 Å². The van der Waals surface area contributed by atoms with Crippen molar-refractivity contribution in [1.82, 2.24) is 0 Å². The molecule has 0 bridgehead atoms. The molecule has 0 saturated heterocycles. The van der Waals surface area contributed by atoms with E-state index in [4.69, 9.17) is 19.4 Å². The third-order valence-corrected chi connectivity index (χ3v) is 4.37. The van der Waals surface area contributed by atoms with E-state index in [-0.39, 0.29) is 10.4 Å². The molecule has 0 aliphatic carbocycles. The van der Waals surface area contributed by atoms with E-state index in [2.05, 4.69) is 25.4 Å². The number of benzene rings is 1. The average molecular weight is 369 g/mol. The highest BCUT2D eigenvalue weighted by Crippen LogP contribution is 2.44. The molecular weight excluding hydrogens is 343 g/mol. The fraction of sp³-hybridized carbons (Fsp3) is 0.333. The van der Waals surface area contributed by atoms with Gasteiger partial charge in [0.05, 0.1) is 17.0 Å². The van der Waals surface area contributed by atoms with E-state index in [9.17, 15) is 4.79 Å². The van der Waals surface area contributed by atoms with E-state index in [0.717, 1.165) is 23.4 Å². The zero-order valence-electron chi connectivity index (χ0n) is 16.4. The molecule has 0 N–H and O–H groups in total. The molecule has 1 heterocycles. The minimum absolute atomic E-state index is 0.184. The Kier molecular flexibility index (Phi) is 7.64. The van der Waals surface area contributed by atoms with E-state index in [1.54, 1.807) is 7.05 Å². The van der Waals surface area contributed by atoms with E-state index < -0.39 is 0 Å². The van der Waals surface area contributed by atoms with Crippen molar-refractivity contribution in [2.45, 2.75) is 40.0 Å². The summed E-state index contributed by atoms with van der Waals surface area (Å²) in [7, 11) is 7.74. The highest BCUT2D eigenvalue weighted by atomic mass is 35.5. The molecule has 0 amide bonds. The molecule has 1 aliphatic rings. The summed E-state index contributed by atoms with van der Waals surface area (Å²) in [4.78, 5) is 18.1. The quantitative estimate of drug-likeness (QED) is 0.341. The molecule has 0 aromatic heterocycles. The Morgan fingerprint density at radius 3 is 2.42 bits per heavy atom. The number of rotatable bonds is 4. The number of fused-ring (bicyclic) bond motifs is 1. The molecule has 3 nitrogen and oxygen atoms in total. The maximum atomic E-state index is 11.6. The summed E-state index contributed by atoms with van der Waals surface area (Å²) in [6.07, 6.45) is 4.40. The van der Waals surface area contributed by atoms with E-state index in [1.165, 1.54) is 0 Å². The lowest BCUT2D eigenvalue weighted by Crippen LogP contribution is -2.36. The zero-order valence-corrected chi connectivity index (χ0v) is 17.2. The second-order valence-corrected chi connectivity index (χ2v) is 6.56. The first kappa shape index (κ1) is 22.0. The van der Waals surface area contributed by atoms with Crippen molar-refractivity contribution < 1.29 is 4.79 Å². The highest BCUT2D eigenvalue weighted by molar-refractivity contribution is 6.34. The molecular formula is C21H26BClN2O. The molecule has 0 saturated carbocycles. The van der Waals surface area contributed by atoms with Gasteiger partial charge in [-0.25, -0.2) is 0 Å². The van der Waals surface area contributed by atoms with Crippen LogP contribution in [0.25, 0.3) is 0 Å². The number of aliphatic imine (C=N–C) groups is 1. The predicted molar refractivity (Wildman–Crippen MR) is 115 cm³/mol. The number of allylic oxidation sites excluding steroid dienone is 4. The lowest BCUT2D eigenvalue weighted by atomic mass is 9.83. The van der Waals surface area contributed by atoms with Gasteiger partial charge in [-0.15, -0.1) is 0 Å². The first-order chi connectivity index (χ1) is 12.3. The van der Waals surface area contributed by atoms with E-state index in [1.807, 2.05) is 56.0 Å². The van der Waals surface area contributed by atoms with E-state index >= 15 is 0 Å². The standard InChI is InChI=1S/C19H20BClN2O.C2H6/c1-6-7-16(14(11-24)12(2)21)23-17-10-13(20)8-9-15(17)19(3,4)18(23)22-5;1-2/h6-11H,2H2,1,3-5H3;1-2H3/b7-6-,16-14+,22-18?;. The van der Waals surface area contributed by atoms with Gasteiger partial charge >= 0.3 is 0 Å². The first-order valence-corrected chi connectivity index (χ1v) is 9.01. The maximum absolute atomic E-state index is 11.6. The van der Waals surface area contributed by atoms with Crippen LogP contribution in [0.4, 0.5) is 5.69 Å². The Balaban J connectivity index is 0.00000163. The van der Waals surface area contributed by atoms with Gasteiger partial charge in [0.15, 0.2) is 6.29 Å². The molecule has 2 radical (unpaired) electrons. The van der Waals surface area contributed by atoms with Crippen LogP contribution in [0.5, 0.6) is 0 Å². The molecule has 2 rings (SSSR count). The Morgan fingerprint density at radius 1 is 1.35 bits per heavy atom. The van der Waals surface area contributed by atoms with Gasteiger partial charge < -0.3 is 0 Å². The molecule has 26 heavy (non-hydrogen) atoms. The SMILES string of the molecule is CC.[B]c1ccc2c(c1)N(C(/C=C\C)=C(\C=O)C(=C)Cl)C(=NC)C2(C)C. The molecule has 5 heteroatoms. The first-order valence-electron chi connectivity index (χ1n) is 8.63. The Labute approximate surface area is 163 Å². The van der Waals surface area contributed by atoms with E-state index in [0.29, 0.717) is 16.7 Å². The molecule has 136 valence electrons. The zero-order chi connectivity index (χ0) is 20.1. The number of carbonyl (C=O) groups is 1. The number of nitrogens with zero attached hydrogens (tertiary/aromatic N) is 2. The third-order valence-electron chi connectivity index (χ3n) is 4.17. The minimum atomic E-state index is -0.327. The van der Waals surface area contributed by atoms with Crippen molar-refractivity contribution in [3.05, 3.63) is 58.8 Å². The van der Waals surface area contributed by atoms with Crippen LogP contribution in [0.3, 0.4) is 0 Å². The van der Waals surface area contributed by atoms with Crippen LogP contribution in [-0.4, -0.2) is 27.0 Å². The molecule has 0 atom stereocenters. The van der Waals surface area contributed by atoms with Crippen molar-refractivity contribution in [1.29, 1.82) is 0 Å². The highest BCUT2D eigenvalue weighted by Gasteiger charge is 2.43. The average Bonchev–Trinajstić information content (AvgIpc) is 2.82. The number of halogens is 1. The third kappa shape index (κ3) is 3.86. The lowest BCUT2D eigenvalue weighted by molar-refractivity contribution is -0.104. The number of anilines is 1. The van der Waals surface area contributed by atoms with Crippen LogP contribution in [0.15, 0.2) is 58.2 Å². The Morgan fingerprint density at radius 2 is 1.96 bits per heavy atom. The summed E-state index contributed by atoms with van der Waals surface area (Å²) in [6, 6.07) is 5.76. The summed E-state index contributed by atoms with van der Waals surface area (Å²) >= 11 is 6.06. The topological polar surface area (TPSA) is 32.7 Å². The molecule has 1 aliphatic heterocycles. The molecule has 1 aromatic rings. The van der Waals surface area contributed by atoms with Gasteiger partial charge in [0.25, 0.3) is 0 Å². The predicted octanol–water partition coefficient (Wildman–Crippen LogP) is 4.41. The minimum Gasteiger partial charge on any atom is -0.298 e. The molecule has 0 spiro atoms. The van der Waals surface area contributed by atoms with Gasteiger partial charge in [-0.1, -0.05) is 55.7 Å². The summed E-state index contributed by atoms with van der Waals surface area (Å²) in [5.41, 5.74) is 3.25. The second kappa shape index (κ2) is 9.04. The van der Waals surface area contributed by atoms with Gasteiger partial charge in [0.2, 0.25) is 0 Å². The summed E-state index contributed by atoms with van der Waals surface area (Å²) in [5.74, 6) is 0.813. The van der Waals surface area contributed by atoms with Crippen molar-refractivity contribution in [3.8, 4) is 0 Å². The van der Waals surface area contributed by atoms with Crippen molar-refractivity contribution in [3.63, 3.8) is 0 Å². The second-order valence-electron chi connectivity index (χ2n) is 6.11. The van der Waals surface area contributed by atoms with Crippen LogP contribution in [0, 0.1) is 0 Å². The van der Waals surface area contributed by atoms with Crippen LogP contribution in [0.1, 0.15) is 40.2 Å². The smallest absolute Gasteiger partial charge is 0.153 e. The van der Waals surface area contributed by atoms with Gasteiger partial charge in [-0.3, -0.25) is 14.7 Å². The molecule has 0 unspecified atom stereocenters. The largest absolute Gasteiger partial charge is 0.298 e. The molecule has 0 fully saturated rings. The van der Waals surface area contributed by atoms with Crippen molar-refractivity contribution in [2.75, 3.05) is 11.9 Å². The monoisotopic (exact) mass is 368 g/mol. The van der Waals surface area contributed by atoms with Crippen LogP contribution in [0.2, 0.25) is 0 Å². The lowest BCUT2D eigenvalue weighted by Gasteiger charge is -2.27. The Hall–Kier alpha value is -2.07. The summed E-state index contributed by atoms with van der Waals surface area (Å²) < 4.78 is 0. The number of hydrogen-bond acceptors (Lipinski definition) is 2. The van der Waals surface area contributed by atoms with Gasteiger partial charge in [0, 0.05) is 17.5 Å². The normalized spacial score (nSPS) is 17.5. The molecule has 1 aromatic carbocycles. The van der Waals surface area contributed by atoms with Crippen LogP contribution >= 0.6 is 11.6 Å². The fourth-order valence-corrected chi connectivity index (χ4v) is 3.25. The number of aldehydes is 1. The van der Waals surface area contributed by atoms with Crippen molar-refractivity contribution >= 4 is 42.7 Å². The number of carbonyl (C=O) groups excluding carboxylic acids is 1. The van der Waals surface area contributed by atoms with Gasteiger partial charge in [0.1, 0.15) is 13.7 Å². The van der Waals surface area contributed by atoms with Gasteiger partial charge in [-0.05, 0) is 38.5 Å². The Bertz CT molecular complexity index is 791. The maximum Gasteiger partial charge on any atom is 0.153 e.